The van der Waals surface area contributed by atoms with Gasteiger partial charge in [-0.2, -0.15) is 0 Å². The Morgan fingerprint density at radius 1 is 1.10 bits per heavy atom. The lowest BCUT2D eigenvalue weighted by Crippen LogP contribution is -2.17. The molecule has 2 N–H and O–H groups in total. The summed E-state index contributed by atoms with van der Waals surface area (Å²) in [6.45, 7) is 5.90. The summed E-state index contributed by atoms with van der Waals surface area (Å²) in [6.07, 6.45) is 0.748. The summed E-state index contributed by atoms with van der Waals surface area (Å²) in [5.41, 5.74) is 8.83. The van der Waals surface area contributed by atoms with Crippen LogP contribution in [0.15, 0.2) is 30.3 Å². The van der Waals surface area contributed by atoms with Gasteiger partial charge < -0.3 is 10.5 Å². The van der Waals surface area contributed by atoms with Crippen molar-refractivity contribution in [3.8, 4) is 11.5 Å². The Balaban J connectivity index is 2.27. The van der Waals surface area contributed by atoms with Gasteiger partial charge in [0, 0.05) is 16.1 Å². The van der Waals surface area contributed by atoms with Gasteiger partial charge in [-0.1, -0.05) is 29.3 Å². The highest BCUT2D eigenvalue weighted by molar-refractivity contribution is 6.31. The highest BCUT2D eigenvalue weighted by atomic mass is 35.5. The average Bonchev–Trinajstić information content (AvgIpc) is 2.36. The van der Waals surface area contributed by atoms with Crippen molar-refractivity contribution in [2.24, 2.45) is 5.73 Å². The van der Waals surface area contributed by atoms with Crippen LogP contribution in [0.4, 0.5) is 0 Å². The fraction of sp³-hybridized carbons (Fsp3) is 0.294. The molecular formula is C17H19Cl2NO. The summed E-state index contributed by atoms with van der Waals surface area (Å²) >= 11 is 12.3. The second-order valence-electron chi connectivity index (χ2n) is 5.41. The minimum atomic E-state index is 0.0787. The molecule has 0 radical (unpaired) electrons. The van der Waals surface area contributed by atoms with Gasteiger partial charge in [0.15, 0.2) is 0 Å². The fourth-order valence-corrected chi connectivity index (χ4v) is 2.86. The Morgan fingerprint density at radius 2 is 1.71 bits per heavy atom. The molecule has 0 fully saturated rings. The molecule has 0 amide bonds. The summed E-state index contributed by atoms with van der Waals surface area (Å²) in [5.74, 6) is 1.53. The summed E-state index contributed by atoms with van der Waals surface area (Å²) < 4.78 is 5.96. The minimum Gasteiger partial charge on any atom is -0.457 e. The first-order valence-electron chi connectivity index (χ1n) is 6.85. The zero-order valence-electron chi connectivity index (χ0n) is 12.4. The van der Waals surface area contributed by atoms with Gasteiger partial charge in [0.25, 0.3) is 0 Å². The van der Waals surface area contributed by atoms with Crippen molar-refractivity contribution in [2.45, 2.75) is 33.2 Å². The molecular weight excluding hydrogens is 305 g/mol. The third kappa shape index (κ3) is 4.13. The van der Waals surface area contributed by atoms with E-state index in [1.54, 1.807) is 0 Å². The van der Waals surface area contributed by atoms with Gasteiger partial charge in [0.2, 0.25) is 0 Å². The second-order valence-corrected chi connectivity index (χ2v) is 6.25. The van der Waals surface area contributed by atoms with Crippen LogP contribution < -0.4 is 10.5 Å². The number of benzene rings is 2. The molecule has 1 atom stereocenters. The van der Waals surface area contributed by atoms with E-state index < -0.39 is 0 Å². The van der Waals surface area contributed by atoms with E-state index in [9.17, 15) is 0 Å². The van der Waals surface area contributed by atoms with Crippen LogP contribution in [-0.2, 0) is 6.42 Å². The summed E-state index contributed by atoms with van der Waals surface area (Å²) in [5, 5.41) is 1.39. The molecule has 0 spiro atoms. The Morgan fingerprint density at radius 3 is 2.24 bits per heavy atom. The van der Waals surface area contributed by atoms with E-state index in [2.05, 4.69) is 0 Å². The molecule has 0 bridgehead atoms. The molecule has 112 valence electrons. The maximum atomic E-state index is 6.29. The van der Waals surface area contributed by atoms with Crippen LogP contribution >= 0.6 is 23.2 Å². The molecule has 0 saturated heterocycles. The number of rotatable bonds is 4. The van der Waals surface area contributed by atoms with Crippen molar-refractivity contribution in [3.63, 3.8) is 0 Å². The summed E-state index contributed by atoms with van der Waals surface area (Å²) in [6, 6.07) is 9.55. The highest BCUT2D eigenvalue weighted by Gasteiger charge is 2.09. The predicted molar refractivity (Wildman–Crippen MR) is 89.8 cm³/mol. The van der Waals surface area contributed by atoms with Gasteiger partial charge in [-0.05, 0) is 68.1 Å². The lowest BCUT2D eigenvalue weighted by molar-refractivity contribution is 0.475. The smallest absolute Gasteiger partial charge is 0.133 e. The fourth-order valence-electron chi connectivity index (χ4n) is 2.28. The van der Waals surface area contributed by atoms with E-state index in [0.717, 1.165) is 28.9 Å². The van der Waals surface area contributed by atoms with E-state index in [1.165, 1.54) is 0 Å². The van der Waals surface area contributed by atoms with E-state index >= 15 is 0 Å². The minimum absolute atomic E-state index is 0.0787. The van der Waals surface area contributed by atoms with Gasteiger partial charge >= 0.3 is 0 Å². The quantitative estimate of drug-likeness (QED) is 0.829. The largest absolute Gasteiger partial charge is 0.457 e. The van der Waals surface area contributed by atoms with Crippen molar-refractivity contribution in [2.75, 3.05) is 0 Å². The molecule has 2 rings (SSSR count). The number of nitrogens with two attached hydrogens (primary N) is 1. The molecule has 1 unspecified atom stereocenters. The van der Waals surface area contributed by atoms with Crippen LogP contribution in [0.25, 0.3) is 0 Å². The molecule has 2 aromatic carbocycles. The predicted octanol–water partition coefficient (Wildman–Crippen LogP) is 5.29. The van der Waals surface area contributed by atoms with E-state index in [0.29, 0.717) is 15.8 Å². The third-order valence-corrected chi connectivity index (χ3v) is 3.78. The molecule has 0 aliphatic heterocycles. The van der Waals surface area contributed by atoms with Gasteiger partial charge in [-0.3, -0.25) is 0 Å². The van der Waals surface area contributed by atoms with Crippen LogP contribution in [0.1, 0.15) is 23.6 Å². The number of ether oxygens (including phenoxy) is 1. The molecule has 21 heavy (non-hydrogen) atoms. The van der Waals surface area contributed by atoms with Gasteiger partial charge in [-0.25, -0.2) is 0 Å². The molecule has 4 heteroatoms. The summed E-state index contributed by atoms with van der Waals surface area (Å²) in [7, 11) is 0. The van der Waals surface area contributed by atoms with Crippen molar-refractivity contribution < 1.29 is 4.74 Å². The van der Waals surface area contributed by atoms with Crippen molar-refractivity contribution in [3.05, 3.63) is 57.1 Å². The average molecular weight is 324 g/mol. The molecule has 0 heterocycles. The first-order chi connectivity index (χ1) is 9.86. The SMILES string of the molecule is Cc1cc(Cl)cc(C)c1Oc1ccc(CC(C)N)c(Cl)c1. The zero-order valence-corrected chi connectivity index (χ0v) is 13.9. The molecule has 0 aliphatic carbocycles. The number of hydrogen-bond donors (Lipinski definition) is 1. The molecule has 2 nitrogen and oxygen atoms in total. The standard InChI is InChI=1S/C17H19Cl2NO/c1-10-6-14(18)7-11(2)17(10)21-15-5-4-13(8-12(3)20)16(19)9-15/h4-7,9,12H,8,20H2,1-3H3. The van der Waals surface area contributed by atoms with Crippen LogP contribution in [0.5, 0.6) is 11.5 Å². The van der Waals surface area contributed by atoms with Gasteiger partial charge in [0.05, 0.1) is 0 Å². The molecule has 2 aromatic rings. The lowest BCUT2D eigenvalue weighted by atomic mass is 10.1. The zero-order chi connectivity index (χ0) is 15.6. The Hall–Kier alpha value is -1.22. The molecule has 0 saturated carbocycles. The van der Waals surface area contributed by atoms with Crippen molar-refractivity contribution in [1.82, 2.24) is 0 Å². The van der Waals surface area contributed by atoms with Crippen LogP contribution in [0.2, 0.25) is 10.0 Å². The lowest BCUT2D eigenvalue weighted by Gasteiger charge is -2.14. The number of halogens is 2. The maximum absolute atomic E-state index is 6.29. The van der Waals surface area contributed by atoms with Crippen LogP contribution in [0, 0.1) is 13.8 Å². The van der Waals surface area contributed by atoms with Crippen LogP contribution in [-0.4, -0.2) is 6.04 Å². The first-order valence-corrected chi connectivity index (χ1v) is 7.61. The third-order valence-electron chi connectivity index (χ3n) is 3.21. The Bertz CT molecular complexity index is 630. The Kier molecular flexibility index (Phi) is 5.15. The Labute approximate surface area is 135 Å². The van der Waals surface area contributed by atoms with E-state index in [-0.39, 0.29) is 6.04 Å². The summed E-state index contributed by atoms with van der Waals surface area (Å²) in [4.78, 5) is 0. The number of aryl methyl sites for hydroxylation is 2. The first kappa shape index (κ1) is 16.2. The normalized spacial score (nSPS) is 12.3. The molecule has 0 aliphatic rings. The van der Waals surface area contributed by atoms with Crippen molar-refractivity contribution >= 4 is 23.2 Å². The van der Waals surface area contributed by atoms with Crippen molar-refractivity contribution in [1.29, 1.82) is 0 Å². The van der Waals surface area contributed by atoms with E-state index in [4.69, 9.17) is 33.7 Å². The van der Waals surface area contributed by atoms with Gasteiger partial charge in [-0.15, -0.1) is 0 Å². The van der Waals surface area contributed by atoms with Crippen LogP contribution in [0.3, 0.4) is 0 Å². The van der Waals surface area contributed by atoms with E-state index in [1.807, 2.05) is 51.1 Å². The monoisotopic (exact) mass is 323 g/mol. The molecule has 0 aromatic heterocycles. The number of hydrogen-bond acceptors (Lipinski definition) is 2. The topological polar surface area (TPSA) is 35.2 Å². The second kappa shape index (κ2) is 6.69. The van der Waals surface area contributed by atoms with Gasteiger partial charge in [0.1, 0.15) is 11.5 Å². The highest BCUT2D eigenvalue weighted by Crippen LogP contribution is 2.33. The maximum Gasteiger partial charge on any atom is 0.133 e.